The first-order chi connectivity index (χ1) is 9.26. The van der Waals surface area contributed by atoms with Gasteiger partial charge in [-0.2, -0.15) is 0 Å². The number of aryl methyl sites for hydroxylation is 1. The number of benzene rings is 2. The third kappa shape index (κ3) is 2.34. The largest absolute Gasteiger partial charge is 0.494 e. The molecule has 0 radical (unpaired) electrons. The van der Waals surface area contributed by atoms with Crippen LogP contribution in [0.4, 0.5) is 0 Å². The maximum absolute atomic E-state index is 5.46. The van der Waals surface area contributed by atoms with Crippen LogP contribution in [0.15, 0.2) is 48.5 Å². The van der Waals surface area contributed by atoms with Gasteiger partial charge in [0.25, 0.3) is 0 Å². The maximum Gasteiger partial charge on any atom is 0.119 e. The monoisotopic (exact) mass is 251 g/mol. The maximum atomic E-state index is 5.46. The highest BCUT2D eigenvalue weighted by Gasteiger charge is 2.03. The van der Waals surface area contributed by atoms with Crippen LogP contribution < -0.4 is 4.74 Å². The van der Waals surface area contributed by atoms with E-state index in [2.05, 4.69) is 48.3 Å². The minimum Gasteiger partial charge on any atom is -0.494 e. The van der Waals surface area contributed by atoms with E-state index in [1.807, 2.05) is 19.1 Å². The van der Waals surface area contributed by atoms with Gasteiger partial charge in [0.05, 0.1) is 6.61 Å². The van der Waals surface area contributed by atoms with Gasteiger partial charge in [-0.05, 0) is 61.9 Å². The Bertz CT molecular complexity index is 695. The molecule has 0 aliphatic rings. The van der Waals surface area contributed by atoms with Crippen LogP contribution in [0, 0.1) is 6.92 Å². The molecule has 3 aromatic rings. The highest BCUT2D eigenvalue weighted by Crippen LogP contribution is 2.26. The summed E-state index contributed by atoms with van der Waals surface area (Å²) in [5.74, 6) is 0.915. The fourth-order valence-corrected chi connectivity index (χ4v) is 2.30. The molecule has 0 aliphatic carbocycles. The van der Waals surface area contributed by atoms with Crippen LogP contribution in [0.5, 0.6) is 5.75 Å². The van der Waals surface area contributed by atoms with Gasteiger partial charge in [0.15, 0.2) is 0 Å². The molecular weight excluding hydrogens is 234 g/mol. The van der Waals surface area contributed by atoms with Crippen LogP contribution in [0.25, 0.3) is 22.2 Å². The Labute approximate surface area is 113 Å². The van der Waals surface area contributed by atoms with Gasteiger partial charge in [-0.3, -0.25) is 0 Å². The number of hydrogen-bond donors (Lipinski definition) is 1. The zero-order valence-corrected chi connectivity index (χ0v) is 11.2. The number of hydrogen-bond acceptors (Lipinski definition) is 1. The first-order valence-electron chi connectivity index (χ1n) is 6.59. The van der Waals surface area contributed by atoms with E-state index in [1.165, 1.54) is 22.0 Å². The highest BCUT2D eigenvalue weighted by molar-refractivity contribution is 5.86. The molecule has 96 valence electrons. The summed E-state index contributed by atoms with van der Waals surface area (Å²) in [6, 6.07) is 16.8. The lowest BCUT2D eigenvalue weighted by Gasteiger charge is -2.03. The average molecular weight is 251 g/mol. The predicted molar refractivity (Wildman–Crippen MR) is 79.6 cm³/mol. The zero-order valence-electron chi connectivity index (χ0n) is 11.2. The van der Waals surface area contributed by atoms with E-state index in [0.717, 1.165) is 11.4 Å². The van der Waals surface area contributed by atoms with Gasteiger partial charge in [0, 0.05) is 16.6 Å². The number of aromatic nitrogens is 1. The van der Waals surface area contributed by atoms with Gasteiger partial charge in [-0.25, -0.2) is 0 Å². The summed E-state index contributed by atoms with van der Waals surface area (Å²) < 4.78 is 5.46. The zero-order chi connectivity index (χ0) is 13.2. The van der Waals surface area contributed by atoms with E-state index >= 15 is 0 Å². The molecule has 0 bridgehead atoms. The molecule has 0 saturated carbocycles. The molecule has 0 fully saturated rings. The molecule has 19 heavy (non-hydrogen) atoms. The van der Waals surface area contributed by atoms with Gasteiger partial charge >= 0.3 is 0 Å². The third-order valence-electron chi connectivity index (χ3n) is 3.25. The fourth-order valence-electron chi connectivity index (χ4n) is 2.30. The molecule has 1 N–H and O–H groups in total. The molecule has 0 spiro atoms. The molecule has 2 heteroatoms. The van der Waals surface area contributed by atoms with E-state index in [9.17, 15) is 0 Å². The average Bonchev–Trinajstić information content (AvgIpc) is 2.83. The summed E-state index contributed by atoms with van der Waals surface area (Å²) in [7, 11) is 0. The Morgan fingerprint density at radius 2 is 1.79 bits per heavy atom. The first kappa shape index (κ1) is 11.8. The van der Waals surface area contributed by atoms with Crippen molar-refractivity contribution in [3.05, 3.63) is 54.1 Å². The van der Waals surface area contributed by atoms with Gasteiger partial charge in [0.1, 0.15) is 5.75 Å². The summed E-state index contributed by atoms with van der Waals surface area (Å²) >= 11 is 0. The smallest absolute Gasteiger partial charge is 0.119 e. The normalized spacial score (nSPS) is 10.8. The lowest BCUT2D eigenvalue weighted by Crippen LogP contribution is -1.90. The quantitative estimate of drug-likeness (QED) is 0.726. The third-order valence-corrected chi connectivity index (χ3v) is 3.25. The number of nitrogens with one attached hydrogen (secondary N) is 1. The van der Waals surface area contributed by atoms with Gasteiger partial charge in [-0.15, -0.1) is 0 Å². The first-order valence-corrected chi connectivity index (χ1v) is 6.59. The van der Waals surface area contributed by atoms with E-state index < -0.39 is 0 Å². The Kier molecular flexibility index (Phi) is 3.00. The molecule has 0 atom stereocenters. The molecule has 1 heterocycles. The molecule has 2 nitrogen and oxygen atoms in total. The summed E-state index contributed by atoms with van der Waals surface area (Å²) in [5, 5.41) is 1.25. The Morgan fingerprint density at radius 1 is 1.00 bits per heavy atom. The Balaban J connectivity index is 1.99. The van der Waals surface area contributed by atoms with Crippen molar-refractivity contribution in [3.63, 3.8) is 0 Å². The summed E-state index contributed by atoms with van der Waals surface area (Å²) in [6.07, 6.45) is 0. The summed E-state index contributed by atoms with van der Waals surface area (Å²) in [5.41, 5.74) is 4.78. The summed E-state index contributed by atoms with van der Waals surface area (Å²) in [4.78, 5) is 3.45. The van der Waals surface area contributed by atoms with Crippen molar-refractivity contribution >= 4 is 10.9 Å². The van der Waals surface area contributed by atoms with Crippen LogP contribution in [-0.2, 0) is 0 Å². The number of H-pyrrole nitrogens is 1. The van der Waals surface area contributed by atoms with Crippen molar-refractivity contribution in [1.29, 1.82) is 0 Å². The highest BCUT2D eigenvalue weighted by atomic mass is 16.5. The Morgan fingerprint density at radius 3 is 2.53 bits per heavy atom. The van der Waals surface area contributed by atoms with Crippen molar-refractivity contribution in [2.24, 2.45) is 0 Å². The predicted octanol–water partition coefficient (Wildman–Crippen LogP) is 4.54. The van der Waals surface area contributed by atoms with E-state index in [1.54, 1.807) is 0 Å². The van der Waals surface area contributed by atoms with Crippen molar-refractivity contribution in [2.45, 2.75) is 13.8 Å². The molecule has 2 aromatic carbocycles. The van der Waals surface area contributed by atoms with Crippen LogP contribution in [-0.4, -0.2) is 11.6 Å². The van der Waals surface area contributed by atoms with E-state index in [0.29, 0.717) is 6.61 Å². The van der Waals surface area contributed by atoms with Crippen LogP contribution in [0.1, 0.15) is 12.5 Å². The standard InChI is InChI=1S/C17H17NO/c1-3-19-15-7-5-13(6-8-15)17-11-14-10-12(2)4-9-16(14)18-17/h4-11,18H,3H2,1-2H3. The van der Waals surface area contributed by atoms with Crippen molar-refractivity contribution in [2.75, 3.05) is 6.61 Å². The number of ether oxygens (including phenoxy) is 1. The second-order valence-electron chi connectivity index (χ2n) is 4.73. The fraction of sp³-hybridized carbons (Fsp3) is 0.176. The molecule has 0 aliphatic heterocycles. The van der Waals surface area contributed by atoms with Gasteiger partial charge in [-0.1, -0.05) is 11.6 Å². The Hall–Kier alpha value is -2.22. The topological polar surface area (TPSA) is 25.0 Å². The minimum atomic E-state index is 0.699. The van der Waals surface area contributed by atoms with Crippen LogP contribution >= 0.6 is 0 Å². The number of fused-ring (bicyclic) bond motifs is 1. The van der Waals surface area contributed by atoms with Crippen molar-refractivity contribution < 1.29 is 4.74 Å². The van der Waals surface area contributed by atoms with Gasteiger partial charge < -0.3 is 9.72 Å². The van der Waals surface area contributed by atoms with Crippen molar-refractivity contribution in [1.82, 2.24) is 4.98 Å². The number of aromatic amines is 1. The molecular formula is C17H17NO. The van der Waals surface area contributed by atoms with Gasteiger partial charge in [0.2, 0.25) is 0 Å². The van der Waals surface area contributed by atoms with Crippen molar-refractivity contribution in [3.8, 4) is 17.0 Å². The molecule has 3 rings (SSSR count). The van der Waals surface area contributed by atoms with E-state index in [4.69, 9.17) is 4.74 Å². The minimum absolute atomic E-state index is 0.699. The molecule has 1 aromatic heterocycles. The second kappa shape index (κ2) is 4.81. The lowest BCUT2D eigenvalue weighted by atomic mass is 10.1. The SMILES string of the molecule is CCOc1ccc(-c2cc3cc(C)ccc3[nH]2)cc1. The van der Waals surface area contributed by atoms with E-state index in [-0.39, 0.29) is 0 Å². The molecule has 0 amide bonds. The summed E-state index contributed by atoms with van der Waals surface area (Å²) in [6.45, 7) is 4.81. The second-order valence-corrected chi connectivity index (χ2v) is 4.73. The van der Waals surface area contributed by atoms with Crippen LogP contribution in [0.3, 0.4) is 0 Å². The number of rotatable bonds is 3. The lowest BCUT2D eigenvalue weighted by molar-refractivity contribution is 0.340. The molecule has 0 unspecified atom stereocenters. The molecule has 0 saturated heterocycles. The van der Waals surface area contributed by atoms with Crippen LogP contribution in [0.2, 0.25) is 0 Å².